The highest BCUT2D eigenvalue weighted by Crippen LogP contribution is 2.35. The van der Waals surface area contributed by atoms with Crippen molar-refractivity contribution < 1.29 is 19.2 Å². The van der Waals surface area contributed by atoms with Crippen LogP contribution < -0.4 is 14.8 Å². The molecule has 2 aliphatic heterocycles. The van der Waals surface area contributed by atoms with E-state index in [1.165, 1.54) is 18.2 Å². The smallest absolute Gasteiger partial charge is 0.271 e. The standard InChI is InChI=1S/C17H10ClN3O5S/c18-11-7-10(21(23)24)2-3-12(11)19-17-20-16(22)15(27-17)6-9-1-4-13-14(5-9)26-8-25-13/h1-7H,8H2,(H,19,20,22)/b15-6+. The van der Waals surface area contributed by atoms with Crippen molar-refractivity contribution in [3.63, 3.8) is 0 Å². The summed E-state index contributed by atoms with van der Waals surface area (Å²) in [6.07, 6.45) is 1.71. The van der Waals surface area contributed by atoms with Gasteiger partial charge in [-0.25, -0.2) is 4.99 Å². The molecule has 0 radical (unpaired) electrons. The molecule has 1 N–H and O–H groups in total. The summed E-state index contributed by atoms with van der Waals surface area (Å²) in [4.78, 5) is 27.1. The highest BCUT2D eigenvalue weighted by atomic mass is 35.5. The molecule has 8 nitrogen and oxygen atoms in total. The van der Waals surface area contributed by atoms with Crippen LogP contribution in [0.4, 0.5) is 11.4 Å². The van der Waals surface area contributed by atoms with Gasteiger partial charge in [0, 0.05) is 12.1 Å². The van der Waals surface area contributed by atoms with Gasteiger partial charge in [0.1, 0.15) is 0 Å². The van der Waals surface area contributed by atoms with Gasteiger partial charge in [0.25, 0.3) is 11.6 Å². The largest absolute Gasteiger partial charge is 0.454 e. The third kappa shape index (κ3) is 3.60. The van der Waals surface area contributed by atoms with Crippen molar-refractivity contribution in [3.8, 4) is 11.5 Å². The molecule has 27 heavy (non-hydrogen) atoms. The molecular weight excluding hydrogens is 394 g/mol. The number of nitrogens with zero attached hydrogens (tertiary/aromatic N) is 2. The van der Waals surface area contributed by atoms with E-state index in [4.69, 9.17) is 21.1 Å². The molecule has 0 spiro atoms. The number of hydrogen-bond donors (Lipinski definition) is 1. The monoisotopic (exact) mass is 403 g/mol. The average Bonchev–Trinajstić information content (AvgIpc) is 3.23. The summed E-state index contributed by atoms with van der Waals surface area (Å²) in [6.45, 7) is 0.178. The number of rotatable bonds is 3. The van der Waals surface area contributed by atoms with Crippen LogP contribution >= 0.6 is 23.4 Å². The SMILES string of the molecule is O=C1NC(=Nc2ccc([N+](=O)[O-])cc2Cl)S/C1=C/c1ccc2c(c1)OCO2. The Bertz CT molecular complexity index is 1040. The molecule has 0 saturated carbocycles. The first-order valence-corrected chi connectivity index (χ1v) is 8.82. The molecule has 0 aliphatic carbocycles. The predicted octanol–water partition coefficient (Wildman–Crippen LogP) is 3.87. The summed E-state index contributed by atoms with van der Waals surface area (Å²) in [5, 5.41) is 13.9. The molecule has 2 aliphatic rings. The van der Waals surface area contributed by atoms with E-state index < -0.39 is 4.92 Å². The van der Waals surface area contributed by atoms with Crippen molar-refractivity contribution >= 4 is 51.9 Å². The number of non-ortho nitro benzene ring substituents is 1. The number of fused-ring (bicyclic) bond motifs is 1. The summed E-state index contributed by atoms with van der Waals surface area (Å²) in [5.41, 5.74) is 0.983. The molecule has 1 amide bonds. The van der Waals surface area contributed by atoms with Crippen LogP contribution in [0.25, 0.3) is 6.08 Å². The average molecular weight is 404 g/mol. The second-order valence-electron chi connectivity index (χ2n) is 5.49. The lowest BCUT2D eigenvalue weighted by Gasteiger charge is -1.99. The van der Waals surface area contributed by atoms with E-state index in [0.717, 1.165) is 17.3 Å². The van der Waals surface area contributed by atoms with Crippen LogP contribution in [-0.2, 0) is 4.79 Å². The minimum atomic E-state index is -0.541. The second-order valence-corrected chi connectivity index (χ2v) is 6.93. The number of hydrogen-bond acceptors (Lipinski definition) is 7. The number of halogens is 1. The number of aliphatic imine (C=N–C) groups is 1. The summed E-state index contributed by atoms with van der Waals surface area (Å²) in [5.74, 6) is 0.990. The van der Waals surface area contributed by atoms with E-state index in [0.29, 0.717) is 27.3 Å². The zero-order chi connectivity index (χ0) is 19.0. The number of amidine groups is 1. The van der Waals surface area contributed by atoms with Crippen LogP contribution in [0.15, 0.2) is 46.3 Å². The number of nitro groups is 1. The fourth-order valence-corrected chi connectivity index (χ4v) is 3.50. The number of thioether (sulfide) groups is 1. The van der Waals surface area contributed by atoms with Crippen LogP contribution in [0.5, 0.6) is 11.5 Å². The molecule has 136 valence electrons. The predicted molar refractivity (Wildman–Crippen MR) is 101 cm³/mol. The van der Waals surface area contributed by atoms with Gasteiger partial charge in [0.05, 0.1) is 20.5 Å². The fraction of sp³-hybridized carbons (Fsp3) is 0.0588. The maximum Gasteiger partial charge on any atom is 0.271 e. The Kier molecular flexibility index (Phi) is 4.46. The molecule has 2 heterocycles. The van der Waals surface area contributed by atoms with Gasteiger partial charge in [-0.05, 0) is 41.6 Å². The van der Waals surface area contributed by atoms with Gasteiger partial charge < -0.3 is 14.8 Å². The van der Waals surface area contributed by atoms with Crippen LogP contribution in [0.1, 0.15) is 5.56 Å². The third-order valence-electron chi connectivity index (χ3n) is 3.71. The molecule has 2 aromatic rings. The van der Waals surface area contributed by atoms with Gasteiger partial charge in [-0.3, -0.25) is 14.9 Å². The number of ether oxygens (including phenoxy) is 2. The Morgan fingerprint density at radius 1 is 1.22 bits per heavy atom. The van der Waals surface area contributed by atoms with Crippen LogP contribution in [-0.4, -0.2) is 22.8 Å². The van der Waals surface area contributed by atoms with Crippen LogP contribution in [0.3, 0.4) is 0 Å². The highest BCUT2D eigenvalue weighted by molar-refractivity contribution is 8.18. The van der Waals surface area contributed by atoms with E-state index in [-0.39, 0.29) is 23.4 Å². The molecule has 0 bridgehead atoms. The Hall–Kier alpha value is -3.04. The summed E-state index contributed by atoms with van der Waals surface area (Å²) in [6, 6.07) is 9.32. The number of benzene rings is 2. The Morgan fingerprint density at radius 3 is 2.81 bits per heavy atom. The van der Waals surface area contributed by atoms with E-state index in [2.05, 4.69) is 10.3 Å². The zero-order valence-corrected chi connectivity index (χ0v) is 15.0. The number of carbonyl (C=O) groups is 1. The molecule has 0 unspecified atom stereocenters. The third-order valence-corrected chi connectivity index (χ3v) is 4.92. The minimum Gasteiger partial charge on any atom is -0.454 e. The zero-order valence-electron chi connectivity index (χ0n) is 13.5. The van der Waals surface area contributed by atoms with Gasteiger partial charge in [-0.2, -0.15) is 0 Å². The van der Waals surface area contributed by atoms with E-state index >= 15 is 0 Å². The first-order chi connectivity index (χ1) is 13.0. The Balaban J connectivity index is 1.57. The maximum atomic E-state index is 12.2. The molecule has 10 heteroatoms. The van der Waals surface area contributed by atoms with Crippen LogP contribution in [0, 0.1) is 10.1 Å². The van der Waals surface area contributed by atoms with Crippen molar-refractivity contribution in [2.75, 3.05) is 6.79 Å². The van der Waals surface area contributed by atoms with Gasteiger partial charge in [0.15, 0.2) is 16.7 Å². The van der Waals surface area contributed by atoms with Crippen LogP contribution in [0.2, 0.25) is 5.02 Å². The molecule has 0 atom stereocenters. The Labute approximate surface area is 162 Å². The lowest BCUT2D eigenvalue weighted by Crippen LogP contribution is -2.19. The van der Waals surface area contributed by atoms with E-state index in [9.17, 15) is 14.9 Å². The lowest BCUT2D eigenvalue weighted by molar-refractivity contribution is -0.384. The summed E-state index contributed by atoms with van der Waals surface area (Å²) >= 11 is 7.18. The lowest BCUT2D eigenvalue weighted by atomic mass is 10.2. The summed E-state index contributed by atoms with van der Waals surface area (Å²) in [7, 11) is 0. The fourth-order valence-electron chi connectivity index (χ4n) is 2.44. The van der Waals surface area contributed by atoms with Crippen molar-refractivity contribution in [2.24, 2.45) is 4.99 Å². The molecule has 1 saturated heterocycles. The molecule has 4 rings (SSSR count). The van der Waals surface area contributed by atoms with Crippen molar-refractivity contribution in [2.45, 2.75) is 0 Å². The second kappa shape index (κ2) is 6.93. The number of nitro benzene ring substituents is 1. The normalized spacial score (nSPS) is 18.2. The Morgan fingerprint density at radius 2 is 2.04 bits per heavy atom. The molecule has 1 fully saturated rings. The van der Waals surface area contributed by atoms with Gasteiger partial charge >= 0.3 is 0 Å². The van der Waals surface area contributed by atoms with E-state index in [1.54, 1.807) is 18.2 Å². The topological polar surface area (TPSA) is 103 Å². The number of carbonyl (C=O) groups excluding carboxylic acids is 1. The highest BCUT2D eigenvalue weighted by Gasteiger charge is 2.24. The quantitative estimate of drug-likeness (QED) is 0.474. The van der Waals surface area contributed by atoms with Crippen molar-refractivity contribution in [1.82, 2.24) is 5.32 Å². The molecule has 0 aromatic heterocycles. The molecular formula is C17H10ClN3O5S. The minimum absolute atomic E-state index is 0.125. The summed E-state index contributed by atoms with van der Waals surface area (Å²) < 4.78 is 10.6. The number of amides is 1. The van der Waals surface area contributed by atoms with Gasteiger partial charge in [-0.1, -0.05) is 17.7 Å². The number of nitrogens with one attached hydrogen (secondary N) is 1. The molecule has 2 aromatic carbocycles. The van der Waals surface area contributed by atoms with Crippen molar-refractivity contribution in [3.05, 3.63) is 62.0 Å². The van der Waals surface area contributed by atoms with Gasteiger partial charge in [0.2, 0.25) is 6.79 Å². The van der Waals surface area contributed by atoms with Gasteiger partial charge in [-0.15, -0.1) is 0 Å². The van der Waals surface area contributed by atoms with E-state index in [1.807, 2.05) is 6.07 Å². The first kappa shape index (κ1) is 17.4. The maximum absolute atomic E-state index is 12.2. The van der Waals surface area contributed by atoms with Crippen molar-refractivity contribution in [1.29, 1.82) is 0 Å². The first-order valence-electron chi connectivity index (χ1n) is 7.63.